The SMILES string of the molecule is Fc1ccccc1N1CCN([C@H](c2ccc(Cl)cc2)c2nnnn2C2CCCC2)CC1. The van der Waals surface area contributed by atoms with Crippen LogP contribution in [0, 0.1) is 5.82 Å². The van der Waals surface area contributed by atoms with E-state index in [9.17, 15) is 4.39 Å². The number of piperazine rings is 1. The fraction of sp³-hybridized carbons (Fsp3) is 0.435. The van der Waals surface area contributed by atoms with Gasteiger partial charge in [0.05, 0.1) is 17.8 Å². The highest BCUT2D eigenvalue weighted by atomic mass is 35.5. The zero-order valence-corrected chi connectivity index (χ0v) is 18.1. The van der Waals surface area contributed by atoms with E-state index in [0.29, 0.717) is 16.8 Å². The van der Waals surface area contributed by atoms with Gasteiger partial charge in [-0.2, -0.15) is 0 Å². The molecule has 5 rings (SSSR count). The Balaban J connectivity index is 1.43. The Labute approximate surface area is 186 Å². The third-order valence-corrected chi connectivity index (χ3v) is 6.74. The summed E-state index contributed by atoms with van der Waals surface area (Å²) >= 11 is 6.16. The van der Waals surface area contributed by atoms with Crippen LogP contribution in [0.25, 0.3) is 0 Å². The second kappa shape index (κ2) is 8.93. The first kappa shape index (κ1) is 20.4. The molecule has 1 saturated carbocycles. The van der Waals surface area contributed by atoms with Gasteiger partial charge in [-0.05, 0) is 53.1 Å². The van der Waals surface area contributed by atoms with E-state index in [-0.39, 0.29) is 11.9 Å². The van der Waals surface area contributed by atoms with Gasteiger partial charge in [0.15, 0.2) is 5.82 Å². The Kier molecular flexibility index (Phi) is 5.87. The molecule has 0 bridgehead atoms. The molecule has 1 aromatic heterocycles. The van der Waals surface area contributed by atoms with Gasteiger partial charge in [0.25, 0.3) is 0 Å². The number of nitrogens with zero attached hydrogens (tertiary/aromatic N) is 6. The monoisotopic (exact) mass is 440 g/mol. The second-order valence-electron chi connectivity index (χ2n) is 8.35. The van der Waals surface area contributed by atoms with Crippen LogP contribution >= 0.6 is 11.6 Å². The normalized spacial score (nSPS) is 19.1. The van der Waals surface area contributed by atoms with E-state index in [4.69, 9.17) is 11.6 Å². The summed E-state index contributed by atoms with van der Waals surface area (Å²) in [5, 5.41) is 13.6. The van der Waals surface area contributed by atoms with Gasteiger partial charge in [0.1, 0.15) is 5.82 Å². The van der Waals surface area contributed by atoms with Crippen molar-refractivity contribution >= 4 is 17.3 Å². The van der Waals surface area contributed by atoms with E-state index in [1.54, 1.807) is 6.07 Å². The van der Waals surface area contributed by atoms with Crippen LogP contribution in [0.1, 0.15) is 49.2 Å². The van der Waals surface area contributed by atoms with E-state index in [0.717, 1.165) is 50.4 Å². The zero-order valence-electron chi connectivity index (χ0n) is 17.4. The fourth-order valence-corrected chi connectivity index (χ4v) is 5.01. The molecule has 0 N–H and O–H groups in total. The van der Waals surface area contributed by atoms with Gasteiger partial charge in [-0.25, -0.2) is 9.07 Å². The minimum atomic E-state index is -0.171. The van der Waals surface area contributed by atoms with Crippen LogP contribution in [0.2, 0.25) is 5.02 Å². The molecule has 8 heteroatoms. The topological polar surface area (TPSA) is 50.1 Å². The van der Waals surface area contributed by atoms with Crippen LogP contribution in [0.4, 0.5) is 10.1 Å². The first-order valence-corrected chi connectivity index (χ1v) is 11.4. The van der Waals surface area contributed by atoms with Crippen molar-refractivity contribution < 1.29 is 4.39 Å². The quantitative estimate of drug-likeness (QED) is 0.585. The van der Waals surface area contributed by atoms with Crippen LogP contribution in [-0.4, -0.2) is 51.3 Å². The Morgan fingerprint density at radius 2 is 1.65 bits per heavy atom. The molecule has 2 aliphatic rings. The molecule has 6 nitrogen and oxygen atoms in total. The molecule has 2 fully saturated rings. The molecule has 1 saturated heterocycles. The Hall–Kier alpha value is -2.51. The summed E-state index contributed by atoms with van der Waals surface area (Å²) in [6.45, 7) is 3.07. The highest BCUT2D eigenvalue weighted by molar-refractivity contribution is 6.30. The Morgan fingerprint density at radius 1 is 0.935 bits per heavy atom. The molecule has 162 valence electrons. The van der Waals surface area contributed by atoms with E-state index in [2.05, 4.69) is 37.5 Å². The number of tetrazole rings is 1. The number of aromatic nitrogens is 4. The summed E-state index contributed by atoms with van der Waals surface area (Å²) < 4.78 is 16.3. The highest BCUT2D eigenvalue weighted by Gasteiger charge is 2.33. The minimum absolute atomic E-state index is 0.0596. The third kappa shape index (κ3) is 4.16. The summed E-state index contributed by atoms with van der Waals surface area (Å²) in [6, 6.07) is 15.2. The minimum Gasteiger partial charge on any atom is -0.367 e. The zero-order chi connectivity index (χ0) is 21.2. The highest BCUT2D eigenvalue weighted by Crippen LogP contribution is 2.35. The van der Waals surface area contributed by atoms with Gasteiger partial charge in [-0.3, -0.25) is 4.90 Å². The lowest BCUT2D eigenvalue weighted by Crippen LogP contribution is -2.48. The molecule has 2 aromatic carbocycles. The third-order valence-electron chi connectivity index (χ3n) is 6.49. The average molecular weight is 441 g/mol. The van der Waals surface area contributed by atoms with Crippen molar-refractivity contribution in [2.75, 3.05) is 31.1 Å². The van der Waals surface area contributed by atoms with Crippen molar-refractivity contribution in [3.63, 3.8) is 0 Å². The van der Waals surface area contributed by atoms with Crippen molar-refractivity contribution in [2.24, 2.45) is 0 Å². The number of rotatable bonds is 5. The second-order valence-corrected chi connectivity index (χ2v) is 8.78. The number of anilines is 1. The lowest BCUT2D eigenvalue weighted by molar-refractivity contribution is 0.197. The number of hydrogen-bond donors (Lipinski definition) is 0. The van der Waals surface area contributed by atoms with Crippen LogP contribution in [-0.2, 0) is 0 Å². The maximum absolute atomic E-state index is 14.3. The van der Waals surface area contributed by atoms with Gasteiger partial charge in [0.2, 0.25) is 0 Å². The van der Waals surface area contributed by atoms with Gasteiger partial charge < -0.3 is 4.90 Å². The van der Waals surface area contributed by atoms with Crippen LogP contribution in [0.15, 0.2) is 48.5 Å². The van der Waals surface area contributed by atoms with E-state index >= 15 is 0 Å². The van der Waals surface area contributed by atoms with Gasteiger partial charge in [0, 0.05) is 31.2 Å². The van der Waals surface area contributed by atoms with Gasteiger partial charge in [-0.15, -0.1) is 5.10 Å². The molecule has 0 radical (unpaired) electrons. The fourth-order valence-electron chi connectivity index (χ4n) is 4.89. The van der Waals surface area contributed by atoms with Crippen LogP contribution < -0.4 is 4.90 Å². The maximum Gasteiger partial charge on any atom is 0.173 e. The average Bonchev–Trinajstić information content (AvgIpc) is 3.48. The molecule has 0 spiro atoms. The Morgan fingerprint density at radius 3 is 2.35 bits per heavy atom. The first-order valence-electron chi connectivity index (χ1n) is 11.0. The molecule has 1 aliphatic carbocycles. The van der Waals surface area contributed by atoms with Crippen molar-refractivity contribution in [1.82, 2.24) is 25.1 Å². The lowest BCUT2D eigenvalue weighted by atomic mass is 10.0. The number of benzene rings is 2. The van der Waals surface area contributed by atoms with E-state index in [1.165, 1.54) is 18.9 Å². The summed E-state index contributed by atoms with van der Waals surface area (Å²) in [6.07, 6.45) is 4.67. The first-order chi connectivity index (χ1) is 15.2. The maximum atomic E-state index is 14.3. The molecule has 3 aromatic rings. The van der Waals surface area contributed by atoms with E-state index < -0.39 is 0 Å². The number of halogens is 2. The van der Waals surface area contributed by atoms with Crippen molar-refractivity contribution in [3.8, 4) is 0 Å². The number of para-hydroxylation sites is 1. The molecule has 0 amide bonds. The standard InChI is InChI=1S/C23H26ClFN6/c24-18-11-9-17(10-12-18)22(23-26-27-28-31(23)19-5-1-2-6-19)30-15-13-29(14-16-30)21-8-4-3-7-20(21)25/h3-4,7-12,19,22H,1-2,5-6,13-16H2/t22-/m1/s1. The van der Waals surface area contributed by atoms with Crippen LogP contribution in [0.3, 0.4) is 0 Å². The van der Waals surface area contributed by atoms with Crippen molar-refractivity contribution in [2.45, 2.75) is 37.8 Å². The van der Waals surface area contributed by atoms with Gasteiger partial charge in [-0.1, -0.05) is 48.7 Å². The molecule has 2 heterocycles. The number of hydrogen-bond acceptors (Lipinski definition) is 5. The molecule has 1 aliphatic heterocycles. The molecule has 1 atom stereocenters. The predicted molar refractivity (Wildman–Crippen MR) is 119 cm³/mol. The van der Waals surface area contributed by atoms with Crippen molar-refractivity contribution in [1.29, 1.82) is 0 Å². The summed E-state index contributed by atoms with van der Waals surface area (Å²) in [5.41, 5.74) is 1.79. The largest absolute Gasteiger partial charge is 0.367 e. The van der Waals surface area contributed by atoms with E-state index in [1.807, 2.05) is 28.9 Å². The molecule has 31 heavy (non-hydrogen) atoms. The van der Waals surface area contributed by atoms with Gasteiger partial charge >= 0.3 is 0 Å². The van der Waals surface area contributed by atoms with Crippen molar-refractivity contribution in [3.05, 3.63) is 70.8 Å². The summed E-state index contributed by atoms with van der Waals surface area (Å²) in [7, 11) is 0. The molecular weight excluding hydrogens is 415 g/mol. The predicted octanol–water partition coefficient (Wildman–Crippen LogP) is 4.49. The molecular formula is C23H26ClFN6. The smallest absolute Gasteiger partial charge is 0.173 e. The lowest BCUT2D eigenvalue weighted by Gasteiger charge is -2.40. The summed E-state index contributed by atoms with van der Waals surface area (Å²) in [5.74, 6) is 0.712. The Bertz CT molecular complexity index is 1010. The summed E-state index contributed by atoms with van der Waals surface area (Å²) in [4.78, 5) is 4.52. The van der Waals surface area contributed by atoms with Crippen LogP contribution in [0.5, 0.6) is 0 Å². The molecule has 0 unspecified atom stereocenters.